The van der Waals surface area contributed by atoms with Gasteiger partial charge in [-0.3, -0.25) is 4.79 Å². The van der Waals surface area contributed by atoms with Crippen LogP contribution in [0, 0.1) is 25.6 Å². The molecule has 158 valence electrons. The standard InChI is InChI=1S/C24H28FN3OS/c1-15(2)12-26-24(30)28(13-18-5-7-20(25)8-6-18)14-19-11-21-17(4)9-16(3)10-22(21)27-23(19)29/h5-11,15H,12-14H2,1-4H3,(H,26,30)(H,27,29). The van der Waals surface area contributed by atoms with Gasteiger partial charge in [0.2, 0.25) is 0 Å². The summed E-state index contributed by atoms with van der Waals surface area (Å²) >= 11 is 5.63. The molecule has 0 spiro atoms. The van der Waals surface area contributed by atoms with Crippen LogP contribution in [0.5, 0.6) is 0 Å². The number of pyridine rings is 1. The molecule has 30 heavy (non-hydrogen) atoms. The van der Waals surface area contributed by atoms with Crippen molar-refractivity contribution in [3.05, 3.63) is 80.9 Å². The first kappa shape index (κ1) is 22.0. The molecule has 0 aliphatic heterocycles. The van der Waals surface area contributed by atoms with Crippen LogP contribution in [-0.4, -0.2) is 21.5 Å². The number of H-pyrrole nitrogens is 1. The van der Waals surface area contributed by atoms with E-state index in [1.807, 2.05) is 30.9 Å². The Morgan fingerprint density at radius 1 is 1.13 bits per heavy atom. The van der Waals surface area contributed by atoms with Gasteiger partial charge >= 0.3 is 0 Å². The fraction of sp³-hybridized carbons (Fsp3) is 0.333. The molecule has 0 bridgehead atoms. The Balaban J connectivity index is 1.93. The minimum atomic E-state index is -0.275. The Morgan fingerprint density at radius 2 is 1.83 bits per heavy atom. The summed E-state index contributed by atoms with van der Waals surface area (Å²) in [6.45, 7) is 9.86. The van der Waals surface area contributed by atoms with Crippen molar-refractivity contribution in [2.45, 2.75) is 40.8 Å². The van der Waals surface area contributed by atoms with Crippen LogP contribution in [-0.2, 0) is 13.1 Å². The number of hydrogen-bond acceptors (Lipinski definition) is 2. The average Bonchev–Trinajstić information content (AvgIpc) is 2.68. The average molecular weight is 426 g/mol. The van der Waals surface area contributed by atoms with Crippen LogP contribution in [0.3, 0.4) is 0 Å². The molecule has 1 heterocycles. The highest BCUT2D eigenvalue weighted by Gasteiger charge is 2.15. The lowest BCUT2D eigenvalue weighted by molar-refractivity contribution is 0.394. The van der Waals surface area contributed by atoms with E-state index in [9.17, 15) is 9.18 Å². The normalized spacial score (nSPS) is 11.1. The molecule has 2 N–H and O–H groups in total. The highest BCUT2D eigenvalue weighted by atomic mass is 32.1. The molecule has 0 amide bonds. The van der Waals surface area contributed by atoms with Crippen molar-refractivity contribution >= 4 is 28.2 Å². The third-order valence-electron chi connectivity index (χ3n) is 4.99. The van der Waals surface area contributed by atoms with Crippen molar-refractivity contribution < 1.29 is 4.39 Å². The number of thiocarbonyl (C=S) groups is 1. The molecule has 0 aliphatic carbocycles. The Bertz CT molecular complexity index is 1110. The van der Waals surface area contributed by atoms with Gasteiger partial charge in [0, 0.05) is 29.6 Å². The fourth-order valence-corrected chi connectivity index (χ4v) is 3.66. The predicted molar refractivity (Wildman–Crippen MR) is 125 cm³/mol. The van der Waals surface area contributed by atoms with Crippen molar-refractivity contribution in [2.24, 2.45) is 5.92 Å². The number of benzene rings is 2. The minimum Gasteiger partial charge on any atom is -0.362 e. The first-order valence-corrected chi connectivity index (χ1v) is 10.5. The van der Waals surface area contributed by atoms with Gasteiger partial charge in [-0.15, -0.1) is 0 Å². The summed E-state index contributed by atoms with van der Waals surface area (Å²) in [4.78, 5) is 17.7. The predicted octanol–water partition coefficient (Wildman–Crippen LogP) is 4.82. The maximum absolute atomic E-state index is 13.3. The lowest BCUT2D eigenvalue weighted by atomic mass is 10.0. The Kier molecular flexibility index (Phi) is 6.87. The lowest BCUT2D eigenvalue weighted by Gasteiger charge is -2.26. The molecule has 0 saturated carbocycles. The second-order valence-electron chi connectivity index (χ2n) is 8.23. The summed E-state index contributed by atoms with van der Waals surface area (Å²) in [5.74, 6) is 0.160. The van der Waals surface area contributed by atoms with Gasteiger partial charge in [0.25, 0.3) is 5.56 Å². The van der Waals surface area contributed by atoms with E-state index < -0.39 is 0 Å². The molecule has 2 aromatic carbocycles. The number of rotatable bonds is 6. The number of hydrogen-bond donors (Lipinski definition) is 2. The number of aryl methyl sites for hydroxylation is 2. The smallest absolute Gasteiger partial charge is 0.253 e. The third-order valence-corrected chi connectivity index (χ3v) is 5.39. The molecule has 4 nitrogen and oxygen atoms in total. The van der Waals surface area contributed by atoms with E-state index >= 15 is 0 Å². The van der Waals surface area contributed by atoms with Gasteiger partial charge in [-0.05, 0) is 72.9 Å². The number of aromatic amines is 1. The zero-order valence-electron chi connectivity index (χ0n) is 17.9. The SMILES string of the molecule is Cc1cc(C)c2cc(CN(Cc3ccc(F)cc3)C(=S)NCC(C)C)c(=O)[nH]c2c1. The monoisotopic (exact) mass is 425 g/mol. The maximum atomic E-state index is 13.3. The summed E-state index contributed by atoms with van der Waals surface area (Å²) in [6, 6.07) is 12.4. The van der Waals surface area contributed by atoms with Gasteiger partial charge in [0.1, 0.15) is 5.82 Å². The first-order chi connectivity index (χ1) is 14.2. The molecule has 0 aliphatic rings. The summed E-state index contributed by atoms with van der Waals surface area (Å²) in [5, 5.41) is 4.88. The van der Waals surface area contributed by atoms with Gasteiger partial charge in [0.05, 0.1) is 6.54 Å². The van der Waals surface area contributed by atoms with E-state index in [0.29, 0.717) is 29.7 Å². The van der Waals surface area contributed by atoms with Gasteiger partial charge in [-0.1, -0.05) is 32.0 Å². The highest BCUT2D eigenvalue weighted by molar-refractivity contribution is 7.80. The van der Waals surface area contributed by atoms with Crippen molar-refractivity contribution in [2.75, 3.05) is 6.54 Å². The fourth-order valence-electron chi connectivity index (χ4n) is 3.45. The van der Waals surface area contributed by atoms with E-state index in [4.69, 9.17) is 12.2 Å². The van der Waals surface area contributed by atoms with Crippen LogP contribution in [0.15, 0.2) is 47.3 Å². The molecule has 0 atom stereocenters. The summed E-state index contributed by atoms with van der Waals surface area (Å²) in [6.07, 6.45) is 0. The zero-order valence-corrected chi connectivity index (χ0v) is 18.7. The largest absolute Gasteiger partial charge is 0.362 e. The molecule has 3 aromatic rings. The van der Waals surface area contributed by atoms with Crippen molar-refractivity contribution in [1.29, 1.82) is 0 Å². The van der Waals surface area contributed by atoms with Gasteiger partial charge in [-0.2, -0.15) is 0 Å². The van der Waals surface area contributed by atoms with Gasteiger partial charge in [-0.25, -0.2) is 4.39 Å². The van der Waals surface area contributed by atoms with E-state index in [1.54, 1.807) is 12.1 Å². The van der Waals surface area contributed by atoms with Gasteiger partial charge < -0.3 is 15.2 Å². The molecule has 1 aromatic heterocycles. The zero-order chi connectivity index (χ0) is 21.8. The molecular formula is C24H28FN3OS. The molecule has 6 heteroatoms. The van der Waals surface area contributed by atoms with E-state index in [2.05, 4.69) is 30.2 Å². The molecular weight excluding hydrogens is 397 g/mol. The number of nitrogens with one attached hydrogen (secondary N) is 2. The van der Waals surface area contributed by atoms with E-state index in [-0.39, 0.29) is 11.4 Å². The Morgan fingerprint density at radius 3 is 2.50 bits per heavy atom. The van der Waals surface area contributed by atoms with Crippen LogP contribution in [0.4, 0.5) is 4.39 Å². The second kappa shape index (κ2) is 9.39. The number of aromatic nitrogens is 1. The van der Waals surface area contributed by atoms with Crippen LogP contribution in [0.1, 0.15) is 36.1 Å². The Labute approximate surface area is 182 Å². The van der Waals surface area contributed by atoms with Crippen LogP contribution in [0.25, 0.3) is 10.9 Å². The van der Waals surface area contributed by atoms with Crippen molar-refractivity contribution in [1.82, 2.24) is 15.2 Å². The minimum absolute atomic E-state index is 0.122. The van der Waals surface area contributed by atoms with Crippen molar-refractivity contribution in [3.63, 3.8) is 0 Å². The van der Waals surface area contributed by atoms with Crippen LogP contribution >= 0.6 is 12.2 Å². The lowest BCUT2D eigenvalue weighted by Crippen LogP contribution is -2.41. The highest BCUT2D eigenvalue weighted by Crippen LogP contribution is 2.19. The third kappa shape index (κ3) is 5.45. The molecule has 0 radical (unpaired) electrons. The molecule has 0 saturated heterocycles. The maximum Gasteiger partial charge on any atom is 0.253 e. The second-order valence-corrected chi connectivity index (χ2v) is 8.62. The summed E-state index contributed by atoms with van der Waals surface area (Å²) < 4.78 is 13.3. The summed E-state index contributed by atoms with van der Waals surface area (Å²) in [7, 11) is 0. The molecule has 0 fully saturated rings. The number of nitrogens with zero attached hydrogens (tertiary/aromatic N) is 1. The van der Waals surface area contributed by atoms with Crippen LogP contribution in [0.2, 0.25) is 0 Å². The van der Waals surface area contributed by atoms with Crippen molar-refractivity contribution in [3.8, 4) is 0 Å². The van der Waals surface area contributed by atoms with Gasteiger partial charge in [0.15, 0.2) is 5.11 Å². The quantitative estimate of drug-likeness (QED) is 0.556. The number of fused-ring (bicyclic) bond motifs is 1. The molecule has 3 rings (SSSR count). The summed E-state index contributed by atoms with van der Waals surface area (Å²) in [5.41, 5.74) is 4.52. The first-order valence-electron chi connectivity index (χ1n) is 10.1. The number of halogens is 1. The molecule has 0 unspecified atom stereocenters. The Hall–Kier alpha value is -2.73. The topological polar surface area (TPSA) is 48.1 Å². The van der Waals surface area contributed by atoms with Crippen LogP contribution < -0.4 is 10.9 Å². The van der Waals surface area contributed by atoms with E-state index in [0.717, 1.165) is 34.1 Å². The van der Waals surface area contributed by atoms with E-state index in [1.165, 1.54) is 12.1 Å².